The van der Waals surface area contributed by atoms with Crippen LogP contribution in [0.15, 0.2) is 47.1 Å². The third kappa shape index (κ3) is 3.00. The van der Waals surface area contributed by atoms with Crippen molar-refractivity contribution in [3.8, 4) is 23.0 Å². The molecule has 2 heterocycles. The van der Waals surface area contributed by atoms with Gasteiger partial charge in [0.2, 0.25) is 6.29 Å². The molecule has 1 N–H and O–H groups in total. The standard InChI is InChI=1S/C17H12N2O5/c20-8-12-13(22)4-1-5-14(12)23-10-11-3-2-6-18-17(11)15-7-19-16(9-21)24-15/h1-9,22H,10H2. The Bertz CT molecular complexity index is 888. The average molecular weight is 324 g/mol. The maximum absolute atomic E-state index is 11.1. The zero-order chi connectivity index (χ0) is 16.9. The van der Waals surface area contributed by atoms with Gasteiger partial charge in [0.05, 0.1) is 11.8 Å². The Morgan fingerprint density at radius 3 is 2.75 bits per heavy atom. The Morgan fingerprint density at radius 2 is 2.00 bits per heavy atom. The lowest BCUT2D eigenvalue weighted by atomic mass is 10.1. The van der Waals surface area contributed by atoms with Crippen LogP contribution in [-0.4, -0.2) is 27.6 Å². The van der Waals surface area contributed by atoms with Crippen LogP contribution in [0, 0.1) is 0 Å². The molecule has 2 aromatic heterocycles. The summed E-state index contributed by atoms with van der Waals surface area (Å²) in [7, 11) is 0. The van der Waals surface area contributed by atoms with Gasteiger partial charge in [0.1, 0.15) is 23.8 Å². The smallest absolute Gasteiger partial charge is 0.260 e. The molecular weight excluding hydrogens is 312 g/mol. The van der Waals surface area contributed by atoms with Gasteiger partial charge in [-0.25, -0.2) is 4.98 Å². The van der Waals surface area contributed by atoms with Crippen LogP contribution >= 0.6 is 0 Å². The largest absolute Gasteiger partial charge is 0.507 e. The van der Waals surface area contributed by atoms with Gasteiger partial charge < -0.3 is 14.3 Å². The normalized spacial score (nSPS) is 10.3. The van der Waals surface area contributed by atoms with Crippen molar-refractivity contribution in [1.82, 2.24) is 9.97 Å². The SMILES string of the molecule is O=Cc1ncc(-c2ncccc2COc2cccc(O)c2C=O)o1. The summed E-state index contributed by atoms with van der Waals surface area (Å²) in [6.45, 7) is 0.0879. The summed E-state index contributed by atoms with van der Waals surface area (Å²) in [6, 6.07) is 8.06. The fraction of sp³-hybridized carbons (Fsp3) is 0.0588. The lowest BCUT2D eigenvalue weighted by Gasteiger charge is -2.11. The number of nitrogens with zero attached hydrogens (tertiary/aromatic N) is 2. The second kappa shape index (κ2) is 6.74. The highest BCUT2D eigenvalue weighted by Gasteiger charge is 2.14. The van der Waals surface area contributed by atoms with Gasteiger partial charge in [0.25, 0.3) is 5.89 Å². The molecule has 3 aromatic rings. The van der Waals surface area contributed by atoms with Gasteiger partial charge in [-0.2, -0.15) is 0 Å². The number of aromatic hydroxyl groups is 1. The van der Waals surface area contributed by atoms with E-state index < -0.39 is 0 Å². The molecule has 0 amide bonds. The minimum absolute atomic E-state index is 0.0428. The monoisotopic (exact) mass is 324 g/mol. The van der Waals surface area contributed by atoms with Crippen molar-refractivity contribution in [3.63, 3.8) is 0 Å². The van der Waals surface area contributed by atoms with Crippen LogP contribution < -0.4 is 4.74 Å². The van der Waals surface area contributed by atoms with E-state index >= 15 is 0 Å². The molecule has 24 heavy (non-hydrogen) atoms. The molecule has 7 nitrogen and oxygen atoms in total. The molecule has 0 saturated heterocycles. The van der Waals surface area contributed by atoms with Gasteiger partial charge in [-0.05, 0) is 18.2 Å². The first-order chi connectivity index (χ1) is 11.7. The predicted octanol–water partition coefficient (Wildman–Crippen LogP) is 2.65. The van der Waals surface area contributed by atoms with Crippen molar-refractivity contribution in [2.45, 2.75) is 6.61 Å². The first-order valence-corrected chi connectivity index (χ1v) is 6.98. The van der Waals surface area contributed by atoms with Crippen molar-refractivity contribution < 1.29 is 23.8 Å². The number of aldehydes is 2. The van der Waals surface area contributed by atoms with Gasteiger partial charge in [-0.1, -0.05) is 12.1 Å². The van der Waals surface area contributed by atoms with Crippen molar-refractivity contribution >= 4 is 12.6 Å². The summed E-state index contributed by atoms with van der Waals surface area (Å²) in [5.41, 5.74) is 1.23. The first kappa shape index (κ1) is 15.4. The first-order valence-electron chi connectivity index (χ1n) is 6.98. The van der Waals surface area contributed by atoms with Crippen molar-refractivity contribution in [3.05, 3.63) is 59.7 Å². The Morgan fingerprint density at radius 1 is 1.12 bits per heavy atom. The molecule has 0 radical (unpaired) electrons. The van der Waals surface area contributed by atoms with E-state index in [2.05, 4.69) is 9.97 Å². The lowest BCUT2D eigenvalue weighted by molar-refractivity contribution is 0.109. The van der Waals surface area contributed by atoms with E-state index in [0.29, 0.717) is 29.6 Å². The third-order valence-electron chi connectivity index (χ3n) is 3.29. The summed E-state index contributed by atoms with van der Waals surface area (Å²) < 4.78 is 10.9. The molecule has 1 aromatic carbocycles. The molecular formula is C17H12N2O5. The van der Waals surface area contributed by atoms with E-state index in [1.807, 2.05) is 0 Å². The van der Waals surface area contributed by atoms with E-state index in [0.717, 1.165) is 0 Å². The topological polar surface area (TPSA) is 103 Å². The second-order valence-electron chi connectivity index (χ2n) is 4.79. The van der Waals surface area contributed by atoms with E-state index in [4.69, 9.17) is 9.15 Å². The maximum atomic E-state index is 11.1. The molecule has 0 atom stereocenters. The number of phenols is 1. The predicted molar refractivity (Wildman–Crippen MR) is 82.9 cm³/mol. The van der Waals surface area contributed by atoms with Gasteiger partial charge in [0, 0.05) is 11.8 Å². The minimum atomic E-state index is -0.153. The number of carbonyl (C=O) groups excluding carboxylic acids is 2. The fourth-order valence-corrected chi connectivity index (χ4v) is 2.16. The molecule has 0 bridgehead atoms. The molecule has 7 heteroatoms. The molecule has 0 fully saturated rings. The number of phenolic OH excluding ortho intramolecular Hbond substituents is 1. The van der Waals surface area contributed by atoms with Crippen LogP contribution in [0.3, 0.4) is 0 Å². The molecule has 0 aliphatic rings. The number of ether oxygens (including phenoxy) is 1. The van der Waals surface area contributed by atoms with Gasteiger partial charge in [-0.3, -0.25) is 14.6 Å². The third-order valence-corrected chi connectivity index (χ3v) is 3.29. The number of rotatable bonds is 6. The number of benzene rings is 1. The van der Waals surface area contributed by atoms with Crippen molar-refractivity contribution in [1.29, 1.82) is 0 Å². The summed E-state index contributed by atoms with van der Waals surface area (Å²) in [6.07, 6.45) is 4.02. The minimum Gasteiger partial charge on any atom is -0.507 e. The molecule has 0 unspecified atom stereocenters. The molecule has 0 saturated carbocycles. The van der Waals surface area contributed by atoms with Crippen LogP contribution in [0.1, 0.15) is 26.6 Å². The second-order valence-corrected chi connectivity index (χ2v) is 4.79. The Kier molecular flexibility index (Phi) is 4.33. The lowest BCUT2D eigenvalue weighted by Crippen LogP contribution is -2.01. The Balaban J connectivity index is 1.88. The molecule has 3 rings (SSSR count). The van der Waals surface area contributed by atoms with Crippen LogP contribution in [0.4, 0.5) is 0 Å². The average Bonchev–Trinajstić information content (AvgIpc) is 3.09. The fourth-order valence-electron chi connectivity index (χ4n) is 2.16. The van der Waals surface area contributed by atoms with Crippen LogP contribution in [0.2, 0.25) is 0 Å². The van der Waals surface area contributed by atoms with Crippen molar-refractivity contribution in [2.24, 2.45) is 0 Å². The number of carbonyl (C=O) groups is 2. The Labute approximate surface area is 136 Å². The number of hydrogen-bond acceptors (Lipinski definition) is 7. The molecule has 0 spiro atoms. The Hall–Kier alpha value is -3.48. The number of pyridine rings is 1. The van der Waals surface area contributed by atoms with Crippen LogP contribution in [-0.2, 0) is 6.61 Å². The van der Waals surface area contributed by atoms with Crippen LogP contribution in [0.5, 0.6) is 11.5 Å². The van der Waals surface area contributed by atoms with Gasteiger partial charge in [0.15, 0.2) is 12.0 Å². The number of aromatic nitrogens is 2. The quantitative estimate of drug-likeness (QED) is 0.695. The highest BCUT2D eigenvalue weighted by atomic mass is 16.5. The highest BCUT2D eigenvalue weighted by Crippen LogP contribution is 2.28. The van der Waals surface area contributed by atoms with Gasteiger partial charge >= 0.3 is 0 Å². The van der Waals surface area contributed by atoms with E-state index in [9.17, 15) is 14.7 Å². The number of oxazole rings is 1. The number of hydrogen-bond donors (Lipinski definition) is 1. The maximum Gasteiger partial charge on any atom is 0.260 e. The zero-order valence-electron chi connectivity index (χ0n) is 12.4. The van der Waals surface area contributed by atoms with E-state index in [-0.39, 0.29) is 29.6 Å². The molecule has 0 aliphatic carbocycles. The van der Waals surface area contributed by atoms with Crippen LogP contribution in [0.25, 0.3) is 11.5 Å². The molecule has 0 aliphatic heterocycles. The molecule has 120 valence electrons. The summed E-state index contributed by atoms with van der Waals surface area (Å²) in [5, 5.41) is 9.67. The van der Waals surface area contributed by atoms with Crippen molar-refractivity contribution in [2.75, 3.05) is 0 Å². The highest BCUT2D eigenvalue weighted by molar-refractivity contribution is 5.83. The van der Waals surface area contributed by atoms with E-state index in [1.165, 1.54) is 12.3 Å². The zero-order valence-corrected chi connectivity index (χ0v) is 12.4. The van der Waals surface area contributed by atoms with Gasteiger partial charge in [-0.15, -0.1) is 0 Å². The summed E-state index contributed by atoms with van der Waals surface area (Å²) in [4.78, 5) is 29.8. The summed E-state index contributed by atoms with van der Waals surface area (Å²) >= 11 is 0. The summed E-state index contributed by atoms with van der Waals surface area (Å²) in [5.74, 6) is 0.396. The van der Waals surface area contributed by atoms with E-state index in [1.54, 1.807) is 30.5 Å².